The topological polar surface area (TPSA) is 44.8 Å². The lowest BCUT2D eigenvalue weighted by Gasteiger charge is -2.03. The molecule has 90 valence electrons. The minimum Gasteiger partial charge on any atom is -0.463 e. The summed E-state index contributed by atoms with van der Waals surface area (Å²) in [5.41, 5.74) is 1.94. The third-order valence-electron chi connectivity index (χ3n) is 2.45. The van der Waals surface area contributed by atoms with Crippen LogP contribution in [0.4, 0.5) is 0 Å². The maximum absolute atomic E-state index is 11.2. The number of hydrogen-bond acceptors (Lipinski definition) is 4. The first-order valence-corrected chi connectivity index (χ1v) is 5.46. The van der Waals surface area contributed by atoms with Crippen molar-refractivity contribution in [2.24, 2.45) is 0 Å². The highest BCUT2D eigenvalue weighted by molar-refractivity contribution is 5.87. The molecule has 0 aliphatic carbocycles. The largest absolute Gasteiger partial charge is 0.463 e. The van der Waals surface area contributed by atoms with E-state index in [9.17, 15) is 4.79 Å². The monoisotopic (exact) mass is 234 g/mol. The van der Waals surface area contributed by atoms with Gasteiger partial charge in [-0.15, -0.1) is 0 Å². The van der Waals surface area contributed by atoms with Gasteiger partial charge in [0, 0.05) is 6.08 Å². The third-order valence-corrected chi connectivity index (χ3v) is 2.45. The number of aryl methyl sites for hydroxylation is 1. The number of carbonyl (C=O) groups is 1. The zero-order chi connectivity index (χ0) is 12.3. The van der Waals surface area contributed by atoms with Crippen LogP contribution in [-0.2, 0) is 9.53 Å². The summed E-state index contributed by atoms with van der Waals surface area (Å²) in [4.78, 5) is 11.2. The van der Waals surface area contributed by atoms with Crippen molar-refractivity contribution in [3.8, 4) is 11.5 Å². The van der Waals surface area contributed by atoms with Crippen LogP contribution in [0.25, 0.3) is 6.08 Å². The Morgan fingerprint density at radius 2 is 2.12 bits per heavy atom. The normalized spacial score (nSPS) is 13.1. The average molecular weight is 234 g/mol. The summed E-state index contributed by atoms with van der Waals surface area (Å²) in [7, 11) is 0. The van der Waals surface area contributed by atoms with Crippen LogP contribution >= 0.6 is 0 Å². The lowest BCUT2D eigenvalue weighted by Crippen LogP contribution is -1.98. The van der Waals surface area contributed by atoms with E-state index in [0.29, 0.717) is 12.4 Å². The van der Waals surface area contributed by atoms with Crippen LogP contribution in [0.15, 0.2) is 18.2 Å². The van der Waals surface area contributed by atoms with Gasteiger partial charge in [-0.05, 0) is 43.2 Å². The Kier molecular flexibility index (Phi) is 3.32. The smallest absolute Gasteiger partial charge is 0.330 e. The molecule has 0 bridgehead atoms. The highest BCUT2D eigenvalue weighted by atomic mass is 16.7. The zero-order valence-corrected chi connectivity index (χ0v) is 9.86. The molecule has 0 atom stereocenters. The van der Waals surface area contributed by atoms with E-state index in [4.69, 9.17) is 14.2 Å². The second-order valence-electron chi connectivity index (χ2n) is 3.65. The van der Waals surface area contributed by atoms with Crippen LogP contribution in [0.5, 0.6) is 11.5 Å². The lowest BCUT2D eigenvalue weighted by atomic mass is 10.1. The number of esters is 1. The highest BCUT2D eigenvalue weighted by Gasteiger charge is 2.14. The van der Waals surface area contributed by atoms with Gasteiger partial charge in [-0.1, -0.05) is 0 Å². The van der Waals surface area contributed by atoms with Crippen molar-refractivity contribution in [1.82, 2.24) is 0 Å². The van der Waals surface area contributed by atoms with Crippen molar-refractivity contribution in [2.75, 3.05) is 13.4 Å². The summed E-state index contributed by atoms with van der Waals surface area (Å²) in [6.07, 6.45) is 3.13. The van der Waals surface area contributed by atoms with Crippen LogP contribution in [-0.4, -0.2) is 19.4 Å². The molecular formula is C13H14O4. The van der Waals surface area contributed by atoms with Gasteiger partial charge in [0.1, 0.15) is 0 Å². The molecule has 1 aromatic carbocycles. The van der Waals surface area contributed by atoms with E-state index >= 15 is 0 Å². The Bertz CT molecular complexity index is 463. The Balaban J connectivity index is 2.19. The quantitative estimate of drug-likeness (QED) is 0.594. The Hall–Kier alpha value is -1.97. The molecule has 1 aliphatic rings. The molecule has 0 amide bonds. The molecule has 0 radical (unpaired) electrons. The highest BCUT2D eigenvalue weighted by Crippen LogP contribution is 2.34. The number of fused-ring (bicyclic) bond motifs is 1. The van der Waals surface area contributed by atoms with Crippen LogP contribution in [0.1, 0.15) is 18.1 Å². The lowest BCUT2D eigenvalue weighted by molar-refractivity contribution is -0.137. The Labute approximate surface area is 99.8 Å². The Morgan fingerprint density at radius 1 is 1.41 bits per heavy atom. The van der Waals surface area contributed by atoms with E-state index in [1.165, 1.54) is 6.08 Å². The van der Waals surface area contributed by atoms with Gasteiger partial charge in [0.05, 0.1) is 6.61 Å². The maximum atomic E-state index is 11.2. The number of rotatable bonds is 3. The first kappa shape index (κ1) is 11.5. The van der Waals surface area contributed by atoms with Crippen molar-refractivity contribution in [3.05, 3.63) is 29.3 Å². The molecule has 4 heteroatoms. The van der Waals surface area contributed by atoms with Crippen LogP contribution in [0.3, 0.4) is 0 Å². The van der Waals surface area contributed by atoms with E-state index in [-0.39, 0.29) is 12.8 Å². The second kappa shape index (κ2) is 4.91. The summed E-state index contributed by atoms with van der Waals surface area (Å²) in [6.45, 7) is 4.35. The fraction of sp³-hybridized carbons (Fsp3) is 0.308. The van der Waals surface area contributed by atoms with E-state index in [1.54, 1.807) is 13.0 Å². The molecule has 4 nitrogen and oxygen atoms in total. The van der Waals surface area contributed by atoms with Gasteiger partial charge in [0.25, 0.3) is 0 Å². The molecule has 0 unspecified atom stereocenters. The summed E-state index contributed by atoms with van der Waals surface area (Å²) in [6, 6.07) is 3.75. The molecule has 1 heterocycles. The van der Waals surface area contributed by atoms with E-state index in [1.807, 2.05) is 19.1 Å². The van der Waals surface area contributed by atoms with Gasteiger partial charge in [0.2, 0.25) is 6.79 Å². The molecule has 0 saturated carbocycles. The number of benzene rings is 1. The molecule has 0 saturated heterocycles. The van der Waals surface area contributed by atoms with Crippen molar-refractivity contribution in [1.29, 1.82) is 0 Å². The van der Waals surface area contributed by atoms with Crippen molar-refractivity contribution >= 4 is 12.0 Å². The predicted molar refractivity (Wildman–Crippen MR) is 63.0 cm³/mol. The molecule has 17 heavy (non-hydrogen) atoms. The second-order valence-corrected chi connectivity index (χ2v) is 3.65. The fourth-order valence-corrected chi connectivity index (χ4v) is 1.59. The minimum absolute atomic E-state index is 0.250. The van der Waals surface area contributed by atoms with E-state index in [0.717, 1.165) is 16.9 Å². The summed E-state index contributed by atoms with van der Waals surface area (Å²) in [5, 5.41) is 0. The number of ether oxygens (including phenoxy) is 3. The van der Waals surface area contributed by atoms with E-state index in [2.05, 4.69) is 0 Å². The van der Waals surface area contributed by atoms with Crippen molar-refractivity contribution < 1.29 is 19.0 Å². The maximum Gasteiger partial charge on any atom is 0.330 e. The van der Waals surface area contributed by atoms with Crippen LogP contribution in [0, 0.1) is 6.92 Å². The van der Waals surface area contributed by atoms with Crippen LogP contribution < -0.4 is 9.47 Å². The average Bonchev–Trinajstić information content (AvgIpc) is 2.73. The Morgan fingerprint density at radius 3 is 2.82 bits per heavy atom. The van der Waals surface area contributed by atoms with Gasteiger partial charge in [-0.2, -0.15) is 0 Å². The summed E-state index contributed by atoms with van der Waals surface area (Å²) >= 11 is 0. The molecule has 0 aromatic heterocycles. The standard InChI is InChI=1S/C13H14O4/c1-3-15-13(14)5-4-10-7-12-11(6-9(10)2)16-8-17-12/h4-7H,3,8H2,1-2H3/b5-4+. The third kappa shape index (κ3) is 2.58. The molecule has 2 rings (SSSR count). The fourth-order valence-electron chi connectivity index (χ4n) is 1.59. The van der Waals surface area contributed by atoms with Crippen LogP contribution in [0.2, 0.25) is 0 Å². The van der Waals surface area contributed by atoms with Crippen molar-refractivity contribution in [3.63, 3.8) is 0 Å². The molecule has 1 aromatic rings. The van der Waals surface area contributed by atoms with Gasteiger partial charge in [-0.3, -0.25) is 0 Å². The summed E-state index contributed by atoms with van der Waals surface area (Å²) < 4.78 is 15.4. The first-order chi connectivity index (χ1) is 8.20. The molecule has 0 spiro atoms. The zero-order valence-electron chi connectivity index (χ0n) is 9.86. The van der Waals surface area contributed by atoms with Gasteiger partial charge >= 0.3 is 5.97 Å². The van der Waals surface area contributed by atoms with Gasteiger partial charge in [0.15, 0.2) is 11.5 Å². The molecular weight excluding hydrogens is 220 g/mol. The summed E-state index contributed by atoms with van der Waals surface area (Å²) in [5.74, 6) is 1.11. The predicted octanol–water partition coefficient (Wildman–Crippen LogP) is 2.30. The molecule has 0 N–H and O–H groups in total. The SMILES string of the molecule is CCOC(=O)/C=C/c1cc2c(cc1C)OCO2. The van der Waals surface area contributed by atoms with Crippen molar-refractivity contribution in [2.45, 2.75) is 13.8 Å². The van der Waals surface area contributed by atoms with Gasteiger partial charge in [-0.25, -0.2) is 4.79 Å². The van der Waals surface area contributed by atoms with E-state index < -0.39 is 0 Å². The number of carbonyl (C=O) groups excluding carboxylic acids is 1. The molecule has 0 fully saturated rings. The minimum atomic E-state index is -0.343. The first-order valence-electron chi connectivity index (χ1n) is 5.46. The molecule has 1 aliphatic heterocycles. The van der Waals surface area contributed by atoms with Gasteiger partial charge < -0.3 is 14.2 Å². The number of hydrogen-bond donors (Lipinski definition) is 0.